The van der Waals surface area contributed by atoms with E-state index in [0.29, 0.717) is 5.56 Å². The highest BCUT2D eigenvalue weighted by atomic mass is 32.1. The molecule has 0 bridgehead atoms. The second kappa shape index (κ2) is 4.94. The summed E-state index contributed by atoms with van der Waals surface area (Å²) in [6.07, 6.45) is 0. The van der Waals surface area contributed by atoms with Crippen LogP contribution in [0, 0.1) is 11.8 Å². The molecule has 0 atom stereocenters. The third kappa shape index (κ3) is 2.23. The third-order valence-corrected chi connectivity index (χ3v) is 3.15. The van der Waals surface area contributed by atoms with Gasteiger partial charge in [0.2, 0.25) is 0 Å². The van der Waals surface area contributed by atoms with E-state index < -0.39 is 0 Å². The van der Waals surface area contributed by atoms with E-state index in [2.05, 4.69) is 12.2 Å². The fraction of sp³-hybridized carbons (Fsp3) is 0.0667. The molecule has 0 amide bonds. The molecule has 4 nitrogen and oxygen atoms in total. The number of aryl methyl sites for hydroxylation is 1. The van der Waals surface area contributed by atoms with Crippen molar-refractivity contribution in [3.05, 3.63) is 64.6 Å². The number of carbonyl (C=O) groups is 1. The van der Waals surface area contributed by atoms with Crippen LogP contribution >= 0.6 is 12.2 Å². The molecule has 3 aromatic rings. The number of rotatable bonds is 2. The zero-order chi connectivity index (χ0) is 14.1. The molecular formula is C15H11NO3S. The summed E-state index contributed by atoms with van der Waals surface area (Å²) in [5.41, 5.74) is 3.45. The number of hydrogen-bond acceptors (Lipinski definition) is 4. The molecule has 100 valence electrons. The van der Waals surface area contributed by atoms with E-state index in [4.69, 9.17) is 9.05 Å². The Hall–Kier alpha value is -2.40. The Balaban J connectivity index is 2.07. The molecule has 1 heterocycles. The lowest BCUT2D eigenvalue weighted by Crippen LogP contribution is -2.15. The Labute approximate surface area is 120 Å². The number of hydrogen-bond donors (Lipinski definition) is 0. The van der Waals surface area contributed by atoms with E-state index in [-0.39, 0.29) is 10.8 Å². The molecule has 0 N–H and O–H groups in total. The van der Waals surface area contributed by atoms with Crippen LogP contribution < -0.4 is 0 Å². The average molecular weight is 285 g/mol. The number of aromatic nitrogens is 1. The van der Waals surface area contributed by atoms with Crippen molar-refractivity contribution in [2.24, 2.45) is 0 Å². The molecule has 1 aromatic heterocycles. The molecule has 0 unspecified atom stereocenters. The second-order valence-corrected chi connectivity index (χ2v) is 4.74. The lowest BCUT2D eigenvalue weighted by molar-refractivity contribution is -0.0398. The zero-order valence-corrected chi connectivity index (χ0v) is 11.5. The molecular weight excluding hydrogens is 274 g/mol. The highest BCUT2D eigenvalue weighted by Gasteiger charge is 2.18. The van der Waals surface area contributed by atoms with Gasteiger partial charge >= 0.3 is 10.8 Å². The normalized spacial score (nSPS) is 10.7. The fourth-order valence-corrected chi connectivity index (χ4v) is 2.11. The van der Waals surface area contributed by atoms with Crippen LogP contribution in [0.2, 0.25) is 0 Å². The maximum atomic E-state index is 12.2. The van der Waals surface area contributed by atoms with E-state index in [1.54, 1.807) is 12.1 Å². The molecule has 20 heavy (non-hydrogen) atoms. The second-order valence-electron chi connectivity index (χ2n) is 4.41. The molecule has 0 spiro atoms. The average Bonchev–Trinajstić information content (AvgIpc) is 2.44. The quantitative estimate of drug-likeness (QED) is 0.666. The topological polar surface area (TPSA) is 48.3 Å². The predicted molar refractivity (Wildman–Crippen MR) is 76.1 cm³/mol. The van der Waals surface area contributed by atoms with Gasteiger partial charge in [0.1, 0.15) is 0 Å². The third-order valence-electron chi connectivity index (χ3n) is 3.00. The van der Waals surface area contributed by atoms with Crippen LogP contribution in [0.4, 0.5) is 0 Å². The van der Waals surface area contributed by atoms with E-state index in [1.165, 1.54) is 0 Å². The minimum atomic E-state index is -0.380. The first-order chi connectivity index (χ1) is 9.65. The molecule has 0 aliphatic heterocycles. The molecule has 0 radical (unpaired) electrons. The molecule has 0 fully saturated rings. The van der Waals surface area contributed by atoms with Gasteiger partial charge in [0.15, 0.2) is 0 Å². The lowest BCUT2D eigenvalue weighted by atomic mass is 9.98. The standard InChI is InChI=1S/C15H11NO3S/c1-10-6-8-11(9-7-10)12-4-2-3-5-13(12)14(17)16-18-15(20)19-16/h2-9H,1H3. The minimum absolute atomic E-state index is 0.0498. The Morgan fingerprint density at radius 3 is 2.35 bits per heavy atom. The van der Waals surface area contributed by atoms with E-state index in [1.807, 2.05) is 43.3 Å². The van der Waals surface area contributed by atoms with Gasteiger partial charge in [0.25, 0.3) is 0 Å². The van der Waals surface area contributed by atoms with Gasteiger partial charge in [-0.15, -0.1) is 0 Å². The molecule has 2 aromatic carbocycles. The van der Waals surface area contributed by atoms with Crippen LogP contribution in [-0.4, -0.2) is 10.8 Å². The first kappa shape index (κ1) is 12.6. The number of carbonyl (C=O) groups excluding carboxylic acids is 1. The Kier molecular flexibility index (Phi) is 3.12. The van der Waals surface area contributed by atoms with E-state index in [0.717, 1.165) is 21.6 Å². The summed E-state index contributed by atoms with van der Waals surface area (Å²) in [4.78, 5) is 13.0. The molecule has 0 aliphatic carbocycles. The first-order valence-corrected chi connectivity index (χ1v) is 6.46. The van der Waals surface area contributed by atoms with Crippen LogP contribution in [0.5, 0.6) is 0 Å². The molecule has 5 heteroatoms. The van der Waals surface area contributed by atoms with Gasteiger partial charge in [0.05, 0.1) is 5.56 Å². The summed E-state index contributed by atoms with van der Waals surface area (Å²) < 4.78 is 9.72. The zero-order valence-electron chi connectivity index (χ0n) is 10.7. The SMILES string of the molecule is Cc1ccc(-c2ccccc2C(=O)n2oc(=S)o2)cc1. The van der Waals surface area contributed by atoms with Gasteiger partial charge in [-0.1, -0.05) is 48.0 Å². The summed E-state index contributed by atoms with van der Waals surface area (Å²) in [6, 6.07) is 15.2. The number of benzene rings is 2. The lowest BCUT2D eigenvalue weighted by Gasteiger charge is -2.09. The van der Waals surface area contributed by atoms with Crippen molar-refractivity contribution in [1.29, 1.82) is 0 Å². The molecule has 3 rings (SSSR count). The monoisotopic (exact) mass is 285 g/mol. The van der Waals surface area contributed by atoms with Gasteiger partial charge in [-0.2, -0.15) is 0 Å². The summed E-state index contributed by atoms with van der Waals surface area (Å²) in [6.45, 7) is 2.02. The van der Waals surface area contributed by atoms with Crippen molar-refractivity contribution in [2.45, 2.75) is 6.92 Å². The van der Waals surface area contributed by atoms with Gasteiger partial charge in [-0.25, -0.2) is 0 Å². The largest absolute Gasteiger partial charge is 0.409 e. The highest BCUT2D eigenvalue weighted by Crippen LogP contribution is 2.25. The molecule has 0 saturated carbocycles. The Morgan fingerprint density at radius 2 is 1.70 bits per heavy atom. The van der Waals surface area contributed by atoms with Crippen LogP contribution in [0.1, 0.15) is 15.9 Å². The van der Waals surface area contributed by atoms with Crippen molar-refractivity contribution >= 4 is 18.1 Å². The number of nitrogens with zero attached hydrogens (tertiary/aromatic N) is 1. The fourth-order valence-electron chi connectivity index (χ4n) is 1.98. The van der Waals surface area contributed by atoms with E-state index >= 15 is 0 Å². The van der Waals surface area contributed by atoms with Crippen molar-refractivity contribution in [3.63, 3.8) is 0 Å². The molecule has 0 aliphatic rings. The van der Waals surface area contributed by atoms with Gasteiger partial charge < -0.3 is 0 Å². The van der Waals surface area contributed by atoms with Crippen LogP contribution in [0.15, 0.2) is 57.6 Å². The van der Waals surface area contributed by atoms with Crippen molar-refractivity contribution in [2.75, 3.05) is 0 Å². The summed E-state index contributed by atoms with van der Waals surface area (Å²) in [7, 11) is 0. The first-order valence-electron chi connectivity index (χ1n) is 6.05. The Morgan fingerprint density at radius 1 is 1.05 bits per heavy atom. The van der Waals surface area contributed by atoms with Crippen LogP contribution in [0.25, 0.3) is 11.1 Å². The maximum Gasteiger partial charge on any atom is 0.409 e. The van der Waals surface area contributed by atoms with Crippen molar-refractivity contribution in [3.8, 4) is 11.1 Å². The summed E-state index contributed by atoms with van der Waals surface area (Å²) in [5, 5.41) is 0. The van der Waals surface area contributed by atoms with Crippen molar-refractivity contribution < 1.29 is 13.8 Å². The highest BCUT2D eigenvalue weighted by molar-refractivity contribution is 7.71. The van der Waals surface area contributed by atoms with E-state index in [9.17, 15) is 4.79 Å². The summed E-state index contributed by atoms with van der Waals surface area (Å²) >= 11 is 4.63. The molecule has 0 saturated heterocycles. The Bertz CT molecular complexity index is 793. The smallest absolute Gasteiger partial charge is 0.288 e. The predicted octanol–water partition coefficient (Wildman–Crippen LogP) is 4.07. The van der Waals surface area contributed by atoms with Crippen LogP contribution in [0.3, 0.4) is 0 Å². The van der Waals surface area contributed by atoms with Crippen molar-refractivity contribution in [1.82, 2.24) is 4.91 Å². The van der Waals surface area contributed by atoms with Gasteiger partial charge in [-0.3, -0.25) is 13.8 Å². The van der Waals surface area contributed by atoms with Gasteiger partial charge in [-0.05, 0) is 24.1 Å². The van der Waals surface area contributed by atoms with Gasteiger partial charge in [0, 0.05) is 17.1 Å². The summed E-state index contributed by atoms with van der Waals surface area (Å²) in [5.74, 6) is -0.380. The maximum absolute atomic E-state index is 12.2. The minimum Gasteiger partial charge on any atom is -0.288 e. The van der Waals surface area contributed by atoms with Crippen LogP contribution in [-0.2, 0) is 0 Å².